The first-order valence-corrected chi connectivity index (χ1v) is 8.53. The second-order valence-electron chi connectivity index (χ2n) is 6.81. The molecule has 1 amide bonds. The molecule has 2 aromatic rings. The number of amides is 1. The van der Waals surface area contributed by atoms with Crippen molar-refractivity contribution in [1.29, 1.82) is 0 Å². The molecule has 1 aliphatic heterocycles. The molecule has 0 saturated carbocycles. The Balaban J connectivity index is 1.51. The number of para-hydroxylation sites is 1. The van der Waals surface area contributed by atoms with Gasteiger partial charge in [-0.3, -0.25) is 14.5 Å². The molecule has 3 rings (SSSR count). The van der Waals surface area contributed by atoms with Crippen molar-refractivity contribution < 1.29 is 19.4 Å². The standard InChI is InChI=1S/C20H22N2O4/c1-20(19(24)25)11-12-22(14-20)13-18(23)21-15-7-9-17(10-8-15)26-16-5-3-2-4-6-16/h2-10H,11-14H2,1H3,(H,21,23)(H,24,25). The summed E-state index contributed by atoms with van der Waals surface area (Å²) in [7, 11) is 0. The normalized spacial score (nSPS) is 19.9. The number of hydrogen-bond acceptors (Lipinski definition) is 4. The van der Waals surface area contributed by atoms with Crippen molar-refractivity contribution >= 4 is 17.6 Å². The molecule has 1 aliphatic rings. The van der Waals surface area contributed by atoms with E-state index in [1.54, 1.807) is 31.2 Å². The van der Waals surface area contributed by atoms with Gasteiger partial charge in [-0.15, -0.1) is 0 Å². The summed E-state index contributed by atoms with van der Waals surface area (Å²) in [5, 5.41) is 12.1. The van der Waals surface area contributed by atoms with Gasteiger partial charge >= 0.3 is 5.97 Å². The molecule has 1 saturated heterocycles. The van der Waals surface area contributed by atoms with Crippen LogP contribution in [0.25, 0.3) is 0 Å². The monoisotopic (exact) mass is 354 g/mol. The number of carbonyl (C=O) groups excluding carboxylic acids is 1. The molecule has 0 aromatic heterocycles. The zero-order valence-electron chi connectivity index (χ0n) is 14.6. The molecule has 2 aromatic carbocycles. The fourth-order valence-electron chi connectivity index (χ4n) is 3.00. The Morgan fingerprint density at radius 3 is 2.38 bits per heavy atom. The van der Waals surface area contributed by atoms with E-state index in [1.807, 2.05) is 35.2 Å². The minimum Gasteiger partial charge on any atom is -0.481 e. The van der Waals surface area contributed by atoms with Crippen LogP contribution < -0.4 is 10.1 Å². The predicted octanol–water partition coefficient (Wildman–Crippen LogP) is 3.21. The van der Waals surface area contributed by atoms with Crippen molar-refractivity contribution in [2.75, 3.05) is 25.0 Å². The van der Waals surface area contributed by atoms with Crippen LogP contribution in [-0.2, 0) is 9.59 Å². The van der Waals surface area contributed by atoms with Crippen molar-refractivity contribution in [2.24, 2.45) is 5.41 Å². The summed E-state index contributed by atoms with van der Waals surface area (Å²) >= 11 is 0. The van der Waals surface area contributed by atoms with Gasteiger partial charge in [-0.25, -0.2) is 0 Å². The van der Waals surface area contributed by atoms with Crippen molar-refractivity contribution in [2.45, 2.75) is 13.3 Å². The molecule has 2 N–H and O–H groups in total. The molecule has 6 nitrogen and oxygen atoms in total. The Labute approximate surface area is 152 Å². The molecule has 26 heavy (non-hydrogen) atoms. The largest absolute Gasteiger partial charge is 0.481 e. The SMILES string of the molecule is CC1(C(=O)O)CCN(CC(=O)Nc2ccc(Oc3ccccc3)cc2)C1. The first-order chi connectivity index (χ1) is 12.4. The fourth-order valence-corrected chi connectivity index (χ4v) is 3.00. The second-order valence-corrected chi connectivity index (χ2v) is 6.81. The summed E-state index contributed by atoms with van der Waals surface area (Å²) in [6.45, 7) is 2.91. The number of rotatable bonds is 6. The third kappa shape index (κ3) is 4.40. The van der Waals surface area contributed by atoms with Gasteiger partial charge in [-0.1, -0.05) is 18.2 Å². The van der Waals surface area contributed by atoms with Gasteiger partial charge in [0.05, 0.1) is 12.0 Å². The molecule has 136 valence electrons. The van der Waals surface area contributed by atoms with Crippen molar-refractivity contribution in [1.82, 2.24) is 4.90 Å². The van der Waals surface area contributed by atoms with E-state index in [0.29, 0.717) is 30.9 Å². The molecular formula is C20H22N2O4. The summed E-state index contributed by atoms with van der Waals surface area (Å²) in [6, 6.07) is 16.6. The Hall–Kier alpha value is -2.86. The summed E-state index contributed by atoms with van der Waals surface area (Å²) < 4.78 is 5.71. The number of hydrogen-bond donors (Lipinski definition) is 2. The smallest absolute Gasteiger partial charge is 0.310 e. The number of carbonyl (C=O) groups is 2. The van der Waals surface area contributed by atoms with E-state index in [9.17, 15) is 14.7 Å². The lowest BCUT2D eigenvalue weighted by Gasteiger charge is -2.19. The maximum atomic E-state index is 12.2. The van der Waals surface area contributed by atoms with Gasteiger partial charge < -0.3 is 15.2 Å². The highest BCUT2D eigenvalue weighted by molar-refractivity contribution is 5.92. The van der Waals surface area contributed by atoms with E-state index in [-0.39, 0.29) is 12.5 Å². The number of carboxylic acid groups (broad SMARTS) is 1. The Morgan fingerprint density at radius 2 is 1.77 bits per heavy atom. The zero-order valence-corrected chi connectivity index (χ0v) is 14.6. The number of likely N-dealkylation sites (tertiary alicyclic amines) is 1. The number of benzene rings is 2. The number of aliphatic carboxylic acids is 1. The summed E-state index contributed by atoms with van der Waals surface area (Å²) in [5.41, 5.74) is -0.0907. The first kappa shape index (κ1) is 17.9. The average Bonchev–Trinajstić information content (AvgIpc) is 3.00. The lowest BCUT2D eigenvalue weighted by atomic mass is 9.90. The number of anilines is 1. The highest BCUT2D eigenvalue weighted by Crippen LogP contribution is 2.30. The number of nitrogens with one attached hydrogen (secondary N) is 1. The molecule has 1 fully saturated rings. The molecular weight excluding hydrogens is 332 g/mol. The second kappa shape index (κ2) is 7.58. The van der Waals surface area contributed by atoms with Gasteiger partial charge in [0.25, 0.3) is 0 Å². The van der Waals surface area contributed by atoms with Crippen LogP contribution in [0.3, 0.4) is 0 Å². The molecule has 6 heteroatoms. The summed E-state index contributed by atoms with van der Waals surface area (Å²) in [5.74, 6) is 0.469. The van der Waals surface area contributed by atoms with Crippen LogP contribution in [0.2, 0.25) is 0 Å². The van der Waals surface area contributed by atoms with Crippen LogP contribution >= 0.6 is 0 Å². The van der Waals surface area contributed by atoms with Crippen LogP contribution in [0.1, 0.15) is 13.3 Å². The fraction of sp³-hybridized carbons (Fsp3) is 0.300. The van der Waals surface area contributed by atoms with Crippen molar-refractivity contribution in [3.05, 3.63) is 54.6 Å². The van der Waals surface area contributed by atoms with Gasteiger partial charge in [-0.05, 0) is 56.3 Å². The lowest BCUT2D eigenvalue weighted by Crippen LogP contribution is -2.35. The highest BCUT2D eigenvalue weighted by Gasteiger charge is 2.40. The summed E-state index contributed by atoms with van der Waals surface area (Å²) in [4.78, 5) is 25.3. The van der Waals surface area contributed by atoms with E-state index in [1.165, 1.54) is 0 Å². The Kier molecular flexibility index (Phi) is 5.23. The van der Waals surface area contributed by atoms with Crippen LogP contribution in [0, 0.1) is 5.41 Å². The van der Waals surface area contributed by atoms with Gasteiger partial charge in [0.2, 0.25) is 5.91 Å². The average molecular weight is 354 g/mol. The van der Waals surface area contributed by atoms with E-state index in [0.717, 1.165) is 5.75 Å². The minimum absolute atomic E-state index is 0.156. The quantitative estimate of drug-likeness (QED) is 0.833. The number of nitrogens with zero attached hydrogens (tertiary/aromatic N) is 1. The Morgan fingerprint density at radius 1 is 1.12 bits per heavy atom. The molecule has 0 aliphatic carbocycles. The summed E-state index contributed by atoms with van der Waals surface area (Å²) in [6.07, 6.45) is 0.557. The first-order valence-electron chi connectivity index (χ1n) is 8.53. The maximum Gasteiger partial charge on any atom is 0.310 e. The minimum atomic E-state index is -0.811. The molecule has 0 spiro atoms. The number of carboxylic acids is 1. The van der Waals surface area contributed by atoms with Gasteiger partial charge in [0, 0.05) is 12.2 Å². The van der Waals surface area contributed by atoms with E-state index in [4.69, 9.17) is 4.74 Å². The van der Waals surface area contributed by atoms with Crippen LogP contribution in [-0.4, -0.2) is 41.5 Å². The number of ether oxygens (including phenoxy) is 1. The topological polar surface area (TPSA) is 78.9 Å². The van der Waals surface area contributed by atoms with Crippen LogP contribution in [0.4, 0.5) is 5.69 Å². The molecule has 0 radical (unpaired) electrons. The van der Waals surface area contributed by atoms with Crippen molar-refractivity contribution in [3.63, 3.8) is 0 Å². The molecule has 1 atom stereocenters. The highest BCUT2D eigenvalue weighted by atomic mass is 16.5. The zero-order chi connectivity index (χ0) is 18.6. The predicted molar refractivity (Wildman–Crippen MR) is 98.4 cm³/mol. The van der Waals surface area contributed by atoms with E-state index in [2.05, 4.69) is 5.32 Å². The van der Waals surface area contributed by atoms with E-state index >= 15 is 0 Å². The maximum absolute atomic E-state index is 12.2. The third-order valence-electron chi connectivity index (χ3n) is 4.55. The van der Waals surface area contributed by atoms with Gasteiger partial charge in [0.15, 0.2) is 0 Å². The van der Waals surface area contributed by atoms with Crippen LogP contribution in [0.5, 0.6) is 11.5 Å². The van der Waals surface area contributed by atoms with E-state index < -0.39 is 11.4 Å². The molecule has 1 heterocycles. The Bertz CT molecular complexity index is 776. The van der Waals surface area contributed by atoms with Gasteiger partial charge in [0.1, 0.15) is 11.5 Å². The lowest BCUT2D eigenvalue weighted by molar-refractivity contribution is -0.147. The molecule has 1 unspecified atom stereocenters. The van der Waals surface area contributed by atoms with Gasteiger partial charge in [-0.2, -0.15) is 0 Å². The van der Waals surface area contributed by atoms with Crippen LogP contribution in [0.15, 0.2) is 54.6 Å². The third-order valence-corrected chi connectivity index (χ3v) is 4.55. The molecule has 0 bridgehead atoms. The van der Waals surface area contributed by atoms with Crippen molar-refractivity contribution in [3.8, 4) is 11.5 Å².